The summed E-state index contributed by atoms with van der Waals surface area (Å²) in [4.78, 5) is 32.7. The molecule has 0 aliphatic carbocycles. The first-order valence-electron chi connectivity index (χ1n) is 5.28. The van der Waals surface area contributed by atoms with Crippen molar-refractivity contribution in [3.05, 3.63) is 33.9 Å². The van der Waals surface area contributed by atoms with Crippen LogP contribution in [0.1, 0.15) is 16.8 Å². The largest absolute Gasteiger partial charge is 0.481 e. The summed E-state index contributed by atoms with van der Waals surface area (Å²) in [6.07, 6.45) is 1.51. The summed E-state index contributed by atoms with van der Waals surface area (Å²) in [5.74, 6) is -1.55. The number of nitrogens with one attached hydrogen (secondary N) is 1. The molecule has 2 N–H and O–H groups in total. The van der Waals surface area contributed by atoms with Crippen LogP contribution in [-0.4, -0.2) is 34.7 Å². The van der Waals surface area contributed by atoms with Crippen LogP contribution < -0.4 is 5.32 Å². The second-order valence-corrected chi connectivity index (χ2v) is 4.39. The summed E-state index contributed by atoms with van der Waals surface area (Å²) in [6, 6.07) is 4.14. The maximum atomic E-state index is 11.7. The number of nitrogens with zero attached hydrogens (tertiary/aromatic N) is 1. The van der Waals surface area contributed by atoms with E-state index < -0.39 is 16.8 Å². The number of rotatable bonds is 6. The highest BCUT2D eigenvalue weighted by Crippen LogP contribution is 2.28. The average Bonchev–Trinajstić information content (AvgIpc) is 2.37. The normalized spacial score (nSPS) is 9.95. The van der Waals surface area contributed by atoms with E-state index in [1.807, 2.05) is 0 Å². The fraction of sp³-hybridized carbons (Fsp3) is 0.273. The third-order valence-electron chi connectivity index (χ3n) is 2.26. The molecule has 1 rings (SSSR count). The summed E-state index contributed by atoms with van der Waals surface area (Å²) >= 11 is 1.21. The molecule has 7 nitrogen and oxygen atoms in total. The fourth-order valence-electron chi connectivity index (χ4n) is 1.36. The van der Waals surface area contributed by atoms with E-state index in [2.05, 4.69) is 5.32 Å². The van der Waals surface area contributed by atoms with Crippen LogP contribution in [0.5, 0.6) is 0 Å². The molecule has 0 bridgehead atoms. The molecule has 1 amide bonds. The van der Waals surface area contributed by atoms with Crippen LogP contribution >= 0.6 is 11.8 Å². The van der Waals surface area contributed by atoms with E-state index in [4.69, 9.17) is 5.11 Å². The summed E-state index contributed by atoms with van der Waals surface area (Å²) in [5.41, 5.74) is -0.00623. The minimum atomic E-state index is -1.02. The Hall–Kier alpha value is -2.09. The van der Waals surface area contributed by atoms with Gasteiger partial charge in [0.1, 0.15) is 0 Å². The van der Waals surface area contributed by atoms with E-state index in [-0.39, 0.29) is 24.2 Å². The quantitative estimate of drug-likeness (QED) is 0.465. The molecule has 0 spiro atoms. The van der Waals surface area contributed by atoms with Gasteiger partial charge in [-0.2, -0.15) is 0 Å². The Morgan fingerprint density at radius 2 is 2.16 bits per heavy atom. The summed E-state index contributed by atoms with van der Waals surface area (Å²) in [5, 5.41) is 21.7. The molecule has 8 heteroatoms. The first-order valence-corrected chi connectivity index (χ1v) is 6.50. The van der Waals surface area contributed by atoms with Gasteiger partial charge in [-0.25, -0.2) is 0 Å². The number of carboxylic acids is 1. The van der Waals surface area contributed by atoms with Crippen LogP contribution in [0.2, 0.25) is 0 Å². The van der Waals surface area contributed by atoms with Crippen LogP contribution in [0, 0.1) is 10.1 Å². The summed E-state index contributed by atoms with van der Waals surface area (Å²) < 4.78 is 0. The molecule has 102 valence electrons. The molecule has 1 aromatic carbocycles. The second-order valence-electron chi connectivity index (χ2n) is 3.54. The molecular formula is C11H12N2O5S. The van der Waals surface area contributed by atoms with E-state index in [0.29, 0.717) is 4.90 Å². The van der Waals surface area contributed by atoms with Gasteiger partial charge < -0.3 is 10.4 Å². The van der Waals surface area contributed by atoms with Crippen molar-refractivity contribution >= 4 is 29.3 Å². The molecule has 19 heavy (non-hydrogen) atoms. The zero-order chi connectivity index (χ0) is 14.4. The molecule has 0 fully saturated rings. The van der Waals surface area contributed by atoms with E-state index in [0.717, 1.165) is 0 Å². The number of benzene rings is 1. The third-order valence-corrected chi connectivity index (χ3v) is 3.05. The standard InChI is InChI=1S/C11H12N2O5S/c1-19-9-3-2-7(6-8(9)13(17)18)11(16)12-5-4-10(14)15/h2-3,6H,4-5H2,1H3,(H,12,16)(H,14,15). The Morgan fingerprint density at radius 1 is 1.47 bits per heavy atom. The highest BCUT2D eigenvalue weighted by Gasteiger charge is 2.16. The van der Waals surface area contributed by atoms with Crippen molar-refractivity contribution in [3.63, 3.8) is 0 Å². The molecule has 1 aromatic rings. The minimum absolute atomic E-state index is 0.0216. The number of carbonyl (C=O) groups excluding carboxylic acids is 1. The van der Waals surface area contributed by atoms with Gasteiger partial charge >= 0.3 is 5.97 Å². The molecule has 0 aliphatic rings. The van der Waals surface area contributed by atoms with Crippen LogP contribution in [0.25, 0.3) is 0 Å². The highest BCUT2D eigenvalue weighted by molar-refractivity contribution is 7.98. The lowest BCUT2D eigenvalue weighted by Crippen LogP contribution is -2.26. The first kappa shape index (κ1) is 15.0. The molecule has 0 radical (unpaired) electrons. The average molecular weight is 284 g/mol. The zero-order valence-corrected chi connectivity index (χ0v) is 10.9. The smallest absolute Gasteiger partial charge is 0.305 e. The van der Waals surface area contributed by atoms with Crippen molar-refractivity contribution in [1.29, 1.82) is 0 Å². The van der Waals surface area contributed by atoms with E-state index in [1.54, 1.807) is 6.26 Å². The van der Waals surface area contributed by atoms with Gasteiger partial charge in [-0.15, -0.1) is 11.8 Å². The molecule has 0 saturated carbocycles. The van der Waals surface area contributed by atoms with Gasteiger partial charge in [0.15, 0.2) is 0 Å². The predicted octanol–water partition coefficient (Wildman–Crippen LogP) is 1.52. The minimum Gasteiger partial charge on any atom is -0.481 e. The van der Waals surface area contributed by atoms with E-state index in [9.17, 15) is 19.7 Å². The van der Waals surface area contributed by atoms with Crippen LogP contribution in [0.4, 0.5) is 5.69 Å². The van der Waals surface area contributed by atoms with Gasteiger partial charge in [-0.05, 0) is 18.4 Å². The lowest BCUT2D eigenvalue weighted by atomic mass is 10.2. The lowest BCUT2D eigenvalue weighted by Gasteiger charge is -2.05. The number of carbonyl (C=O) groups is 2. The molecule has 0 atom stereocenters. The van der Waals surface area contributed by atoms with Crippen molar-refractivity contribution in [2.75, 3.05) is 12.8 Å². The van der Waals surface area contributed by atoms with Crippen molar-refractivity contribution in [1.82, 2.24) is 5.32 Å². The molecular weight excluding hydrogens is 272 g/mol. The number of carboxylic acid groups (broad SMARTS) is 1. The highest BCUT2D eigenvalue weighted by atomic mass is 32.2. The monoisotopic (exact) mass is 284 g/mol. The Morgan fingerprint density at radius 3 is 2.68 bits per heavy atom. The summed E-state index contributed by atoms with van der Waals surface area (Å²) in [6.45, 7) is -0.0216. The Bertz CT molecular complexity index is 518. The third kappa shape index (κ3) is 4.25. The Labute approximate surface area is 113 Å². The zero-order valence-electron chi connectivity index (χ0n) is 10.1. The van der Waals surface area contributed by atoms with Crippen molar-refractivity contribution < 1.29 is 19.6 Å². The SMILES string of the molecule is CSc1ccc(C(=O)NCCC(=O)O)cc1[N+](=O)[O-]. The van der Waals surface area contributed by atoms with Crippen molar-refractivity contribution in [2.45, 2.75) is 11.3 Å². The lowest BCUT2D eigenvalue weighted by molar-refractivity contribution is -0.387. The fourth-order valence-corrected chi connectivity index (χ4v) is 1.91. The predicted molar refractivity (Wildman–Crippen MR) is 69.5 cm³/mol. The van der Waals surface area contributed by atoms with Crippen molar-refractivity contribution in [3.8, 4) is 0 Å². The Kier molecular flexibility index (Phi) is 5.31. The molecule has 0 unspecified atom stereocenters. The van der Waals surface area contributed by atoms with E-state index in [1.165, 1.54) is 30.0 Å². The van der Waals surface area contributed by atoms with Crippen LogP contribution in [-0.2, 0) is 4.79 Å². The number of thioether (sulfide) groups is 1. The number of aliphatic carboxylic acids is 1. The van der Waals surface area contributed by atoms with Gasteiger partial charge in [0.2, 0.25) is 0 Å². The van der Waals surface area contributed by atoms with Crippen LogP contribution in [0.15, 0.2) is 23.1 Å². The number of amides is 1. The molecule has 0 saturated heterocycles. The maximum absolute atomic E-state index is 11.7. The van der Waals surface area contributed by atoms with Gasteiger partial charge in [0.05, 0.1) is 16.2 Å². The number of nitro groups is 1. The van der Waals surface area contributed by atoms with Crippen molar-refractivity contribution in [2.24, 2.45) is 0 Å². The van der Waals surface area contributed by atoms with Gasteiger partial charge in [0, 0.05) is 18.2 Å². The van der Waals surface area contributed by atoms with Gasteiger partial charge in [-0.3, -0.25) is 19.7 Å². The molecule has 0 aromatic heterocycles. The number of nitro benzene ring substituents is 1. The molecule has 0 aliphatic heterocycles. The molecule has 0 heterocycles. The Balaban J connectivity index is 2.83. The van der Waals surface area contributed by atoms with Crippen LogP contribution in [0.3, 0.4) is 0 Å². The number of hydrogen-bond donors (Lipinski definition) is 2. The second kappa shape index (κ2) is 6.74. The first-order chi connectivity index (χ1) is 8.95. The van der Waals surface area contributed by atoms with E-state index >= 15 is 0 Å². The summed E-state index contributed by atoms with van der Waals surface area (Å²) in [7, 11) is 0. The maximum Gasteiger partial charge on any atom is 0.305 e. The number of hydrogen-bond acceptors (Lipinski definition) is 5. The topological polar surface area (TPSA) is 110 Å². The van der Waals surface area contributed by atoms with Gasteiger partial charge in [-0.1, -0.05) is 0 Å². The van der Waals surface area contributed by atoms with Gasteiger partial charge in [0.25, 0.3) is 11.6 Å².